The smallest absolute Gasteiger partial charge is 0.140 e. The van der Waals surface area contributed by atoms with Crippen molar-refractivity contribution in [2.75, 3.05) is 0 Å². The largest absolute Gasteiger partial charge is 0.327 e. The van der Waals surface area contributed by atoms with Crippen molar-refractivity contribution in [3.05, 3.63) is 0 Å². The lowest BCUT2D eigenvalue weighted by molar-refractivity contribution is -0.127. The van der Waals surface area contributed by atoms with Gasteiger partial charge in [0.15, 0.2) is 0 Å². The second-order valence-corrected chi connectivity index (χ2v) is 4.39. The van der Waals surface area contributed by atoms with E-state index < -0.39 is 0 Å². The molecule has 13 heavy (non-hydrogen) atoms. The zero-order chi connectivity index (χ0) is 9.84. The molecule has 0 spiro atoms. The molecule has 0 saturated heterocycles. The molecule has 2 N–H and O–H groups in total. The maximum atomic E-state index is 11.9. The van der Waals surface area contributed by atoms with Gasteiger partial charge in [-0.25, -0.2) is 0 Å². The number of hydrogen-bond donors (Lipinski definition) is 1. The summed E-state index contributed by atoms with van der Waals surface area (Å²) in [7, 11) is 0. The first-order valence-corrected chi connectivity index (χ1v) is 5.42. The predicted molar refractivity (Wildman–Crippen MR) is 54.4 cm³/mol. The van der Waals surface area contributed by atoms with Gasteiger partial charge in [0.2, 0.25) is 0 Å². The average molecular weight is 183 g/mol. The van der Waals surface area contributed by atoms with E-state index in [9.17, 15) is 4.79 Å². The van der Waals surface area contributed by atoms with Gasteiger partial charge in [0, 0.05) is 17.9 Å². The molecule has 2 unspecified atom stereocenters. The van der Waals surface area contributed by atoms with Crippen molar-refractivity contribution in [3.8, 4) is 0 Å². The van der Waals surface area contributed by atoms with Gasteiger partial charge in [0.25, 0.3) is 0 Å². The van der Waals surface area contributed by atoms with E-state index in [1.54, 1.807) is 0 Å². The van der Waals surface area contributed by atoms with Crippen molar-refractivity contribution in [2.45, 2.75) is 52.0 Å². The Hall–Kier alpha value is -0.370. The van der Waals surface area contributed by atoms with Crippen molar-refractivity contribution in [1.29, 1.82) is 0 Å². The number of rotatable bonds is 3. The highest BCUT2D eigenvalue weighted by Crippen LogP contribution is 2.27. The summed E-state index contributed by atoms with van der Waals surface area (Å²) in [6, 6.07) is 0.00873. The molecule has 76 valence electrons. The van der Waals surface area contributed by atoms with Crippen LogP contribution >= 0.6 is 0 Å². The molecule has 0 radical (unpaired) electrons. The average Bonchev–Trinajstić information content (AvgIpc) is 2.17. The van der Waals surface area contributed by atoms with E-state index in [0.717, 1.165) is 12.8 Å². The van der Waals surface area contributed by atoms with E-state index in [1.807, 2.05) is 13.8 Å². The fraction of sp³-hybridized carbons (Fsp3) is 0.909. The zero-order valence-electron chi connectivity index (χ0n) is 8.75. The minimum Gasteiger partial charge on any atom is -0.327 e. The molecule has 2 atom stereocenters. The van der Waals surface area contributed by atoms with Crippen LogP contribution in [0.5, 0.6) is 0 Å². The summed E-state index contributed by atoms with van der Waals surface area (Å²) in [5.74, 6) is 0.757. The van der Waals surface area contributed by atoms with Gasteiger partial charge in [-0.3, -0.25) is 4.79 Å². The van der Waals surface area contributed by atoms with Crippen LogP contribution in [0.25, 0.3) is 0 Å². The SMILES string of the molecule is CC(N)C(C)C(=O)C1CCCCC1. The summed E-state index contributed by atoms with van der Waals surface area (Å²) >= 11 is 0. The van der Waals surface area contributed by atoms with Crippen molar-refractivity contribution < 1.29 is 4.79 Å². The van der Waals surface area contributed by atoms with Gasteiger partial charge >= 0.3 is 0 Å². The van der Waals surface area contributed by atoms with Crippen LogP contribution in [0.4, 0.5) is 0 Å². The predicted octanol–water partition coefficient (Wildman–Crippen LogP) is 2.12. The van der Waals surface area contributed by atoms with E-state index in [2.05, 4.69) is 0 Å². The van der Waals surface area contributed by atoms with E-state index in [-0.39, 0.29) is 12.0 Å². The second-order valence-electron chi connectivity index (χ2n) is 4.39. The van der Waals surface area contributed by atoms with Crippen LogP contribution in [-0.2, 0) is 4.79 Å². The van der Waals surface area contributed by atoms with Crippen molar-refractivity contribution >= 4 is 5.78 Å². The highest BCUT2D eigenvalue weighted by Gasteiger charge is 2.26. The Morgan fingerprint density at radius 1 is 1.23 bits per heavy atom. The number of ketones is 1. The molecule has 1 aliphatic rings. The Morgan fingerprint density at radius 2 is 1.77 bits per heavy atom. The third-order valence-electron chi connectivity index (χ3n) is 3.25. The molecule has 0 aromatic rings. The number of nitrogens with two attached hydrogens (primary N) is 1. The van der Waals surface area contributed by atoms with Crippen molar-refractivity contribution in [3.63, 3.8) is 0 Å². The fourth-order valence-corrected chi connectivity index (χ4v) is 2.02. The minimum absolute atomic E-state index is 0.00873. The Labute approximate surface area is 80.9 Å². The van der Waals surface area contributed by atoms with E-state index in [0.29, 0.717) is 11.7 Å². The lowest BCUT2D eigenvalue weighted by Crippen LogP contribution is -2.35. The Bertz CT molecular complexity index is 171. The molecule has 0 amide bonds. The van der Waals surface area contributed by atoms with Crippen LogP contribution in [0.1, 0.15) is 46.0 Å². The Morgan fingerprint density at radius 3 is 2.23 bits per heavy atom. The fourth-order valence-electron chi connectivity index (χ4n) is 2.02. The lowest BCUT2D eigenvalue weighted by atomic mass is 9.80. The van der Waals surface area contributed by atoms with Crippen molar-refractivity contribution in [1.82, 2.24) is 0 Å². The third-order valence-corrected chi connectivity index (χ3v) is 3.25. The first-order valence-electron chi connectivity index (χ1n) is 5.42. The monoisotopic (exact) mass is 183 g/mol. The van der Waals surface area contributed by atoms with Crippen LogP contribution in [0.15, 0.2) is 0 Å². The first-order chi connectivity index (χ1) is 6.13. The van der Waals surface area contributed by atoms with Gasteiger partial charge in [0.1, 0.15) is 5.78 Å². The Balaban J connectivity index is 2.45. The summed E-state index contributed by atoms with van der Waals surface area (Å²) in [6.45, 7) is 3.88. The van der Waals surface area contributed by atoms with Crippen LogP contribution in [0.2, 0.25) is 0 Å². The molecular formula is C11H21NO. The molecule has 0 bridgehead atoms. The van der Waals surface area contributed by atoms with Gasteiger partial charge in [0.05, 0.1) is 0 Å². The maximum Gasteiger partial charge on any atom is 0.140 e. The minimum atomic E-state index is 0.00873. The lowest BCUT2D eigenvalue weighted by Gasteiger charge is -2.24. The molecule has 1 saturated carbocycles. The van der Waals surface area contributed by atoms with Gasteiger partial charge in [-0.05, 0) is 19.8 Å². The van der Waals surface area contributed by atoms with Crippen molar-refractivity contribution in [2.24, 2.45) is 17.6 Å². The summed E-state index contributed by atoms with van der Waals surface area (Å²) in [5.41, 5.74) is 5.72. The van der Waals surface area contributed by atoms with Crippen LogP contribution in [0, 0.1) is 11.8 Å². The Kier molecular flexibility index (Phi) is 3.91. The molecular weight excluding hydrogens is 162 g/mol. The molecule has 0 heterocycles. The van der Waals surface area contributed by atoms with E-state index >= 15 is 0 Å². The van der Waals surface area contributed by atoms with Gasteiger partial charge in [-0.15, -0.1) is 0 Å². The molecule has 0 aromatic carbocycles. The molecule has 0 aromatic heterocycles. The summed E-state index contributed by atoms with van der Waals surface area (Å²) < 4.78 is 0. The zero-order valence-corrected chi connectivity index (χ0v) is 8.75. The molecule has 0 aliphatic heterocycles. The normalized spacial score (nSPS) is 23.9. The summed E-state index contributed by atoms with van der Waals surface area (Å²) in [5, 5.41) is 0. The second kappa shape index (κ2) is 4.75. The summed E-state index contributed by atoms with van der Waals surface area (Å²) in [6.07, 6.45) is 5.94. The highest BCUT2D eigenvalue weighted by atomic mass is 16.1. The number of carbonyl (C=O) groups is 1. The third kappa shape index (κ3) is 2.80. The molecule has 2 heteroatoms. The quantitative estimate of drug-likeness (QED) is 0.728. The number of hydrogen-bond acceptors (Lipinski definition) is 2. The molecule has 2 nitrogen and oxygen atoms in total. The highest BCUT2D eigenvalue weighted by molar-refractivity contribution is 5.83. The standard InChI is InChI=1S/C11H21NO/c1-8(9(2)12)11(13)10-6-4-3-5-7-10/h8-10H,3-7,12H2,1-2H3. The molecule has 1 aliphatic carbocycles. The van der Waals surface area contributed by atoms with Crippen LogP contribution < -0.4 is 5.73 Å². The molecule has 1 rings (SSSR count). The van der Waals surface area contributed by atoms with Crippen LogP contribution in [0.3, 0.4) is 0 Å². The topological polar surface area (TPSA) is 43.1 Å². The van der Waals surface area contributed by atoms with Gasteiger partial charge in [-0.2, -0.15) is 0 Å². The summed E-state index contributed by atoms with van der Waals surface area (Å²) in [4.78, 5) is 11.9. The van der Waals surface area contributed by atoms with Gasteiger partial charge < -0.3 is 5.73 Å². The first kappa shape index (κ1) is 10.7. The van der Waals surface area contributed by atoms with Crippen LogP contribution in [-0.4, -0.2) is 11.8 Å². The maximum absolute atomic E-state index is 11.9. The van der Waals surface area contributed by atoms with E-state index in [1.165, 1.54) is 19.3 Å². The number of Topliss-reactive ketones (excluding diaryl/α,β-unsaturated/α-hetero) is 1. The number of carbonyl (C=O) groups excluding carboxylic acids is 1. The molecule has 1 fully saturated rings. The van der Waals surface area contributed by atoms with E-state index in [4.69, 9.17) is 5.73 Å². The van der Waals surface area contributed by atoms with Gasteiger partial charge in [-0.1, -0.05) is 26.2 Å².